The zero-order chi connectivity index (χ0) is 12.0. The Balaban J connectivity index is 2.84. The summed E-state index contributed by atoms with van der Waals surface area (Å²) < 4.78 is 5.68. The van der Waals surface area contributed by atoms with Gasteiger partial charge in [-0.2, -0.15) is 0 Å². The Hall–Kier alpha value is -1.18. The molecule has 0 aliphatic heterocycles. The molecule has 0 heterocycles. The van der Waals surface area contributed by atoms with E-state index < -0.39 is 0 Å². The largest absolute Gasteiger partial charge is 0.507 e. The summed E-state index contributed by atoms with van der Waals surface area (Å²) in [5.74, 6) is 1.33. The number of phenolic OH excluding ortho intramolecular Hbond substituents is 1. The lowest BCUT2D eigenvalue weighted by Gasteiger charge is -2.12. The van der Waals surface area contributed by atoms with Gasteiger partial charge in [0.1, 0.15) is 11.5 Å². The molecule has 0 radical (unpaired) electrons. The van der Waals surface area contributed by atoms with Crippen LogP contribution in [0.2, 0.25) is 0 Å². The number of phenols is 1. The summed E-state index contributed by atoms with van der Waals surface area (Å²) in [6.07, 6.45) is 3.89. The molecule has 0 aliphatic carbocycles. The summed E-state index contributed by atoms with van der Waals surface area (Å²) in [6.45, 7) is 7.00. The highest BCUT2D eigenvalue weighted by atomic mass is 16.5. The molecule has 0 amide bonds. The summed E-state index contributed by atoms with van der Waals surface area (Å²) in [6, 6.07) is 3.90. The summed E-state index contributed by atoms with van der Waals surface area (Å²) in [5.41, 5.74) is 1.96. The van der Waals surface area contributed by atoms with Gasteiger partial charge in [-0.1, -0.05) is 27.2 Å². The topological polar surface area (TPSA) is 29.5 Å². The van der Waals surface area contributed by atoms with Gasteiger partial charge in [0.15, 0.2) is 0 Å². The van der Waals surface area contributed by atoms with Crippen LogP contribution in [0.5, 0.6) is 11.5 Å². The highest BCUT2D eigenvalue weighted by Crippen LogP contribution is 2.29. The van der Waals surface area contributed by atoms with E-state index in [1.165, 1.54) is 0 Å². The molecule has 0 saturated carbocycles. The van der Waals surface area contributed by atoms with Crippen molar-refractivity contribution in [2.75, 3.05) is 6.61 Å². The zero-order valence-electron chi connectivity index (χ0n) is 10.5. The third-order valence-corrected chi connectivity index (χ3v) is 2.77. The van der Waals surface area contributed by atoms with Crippen molar-refractivity contribution in [2.24, 2.45) is 0 Å². The minimum absolute atomic E-state index is 0.438. The maximum absolute atomic E-state index is 9.93. The van der Waals surface area contributed by atoms with E-state index in [0.717, 1.165) is 49.2 Å². The van der Waals surface area contributed by atoms with Crippen LogP contribution in [0, 0.1) is 0 Å². The van der Waals surface area contributed by atoms with Crippen LogP contribution in [0.25, 0.3) is 0 Å². The van der Waals surface area contributed by atoms with Crippen molar-refractivity contribution in [3.63, 3.8) is 0 Å². The maximum atomic E-state index is 9.93. The van der Waals surface area contributed by atoms with Crippen molar-refractivity contribution in [3.8, 4) is 11.5 Å². The molecule has 2 heteroatoms. The molecule has 16 heavy (non-hydrogen) atoms. The summed E-state index contributed by atoms with van der Waals surface area (Å²) in [7, 11) is 0. The molecule has 2 nitrogen and oxygen atoms in total. The summed E-state index contributed by atoms with van der Waals surface area (Å²) in [4.78, 5) is 0. The number of aromatic hydroxyl groups is 1. The van der Waals surface area contributed by atoms with Gasteiger partial charge in [0.25, 0.3) is 0 Å². The number of aryl methyl sites for hydroxylation is 2. The van der Waals surface area contributed by atoms with Crippen LogP contribution < -0.4 is 4.74 Å². The van der Waals surface area contributed by atoms with Gasteiger partial charge in [-0.15, -0.1) is 0 Å². The van der Waals surface area contributed by atoms with Crippen LogP contribution >= 0.6 is 0 Å². The lowest BCUT2D eigenvalue weighted by molar-refractivity contribution is 0.308. The fourth-order valence-electron chi connectivity index (χ4n) is 1.68. The monoisotopic (exact) mass is 222 g/mol. The second-order valence-corrected chi connectivity index (χ2v) is 4.00. The van der Waals surface area contributed by atoms with Crippen LogP contribution in [-0.2, 0) is 12.8 Å². The van der Waals surface area contributed by atoms with Gasteiger partial charge in [0.2, 0.25) is 0 Å². The van der Waals surface area contributed by atoms with Crippen molar-refractivity contribution < 1.29 is 9.84 Å². The second kappa shape index (κ2) is 6.41. The SMILES string of the molecule is CCCCOc1cc(CC)c(O)c(CC)c1. The summed E-state index contributed by atoms with van der Waals surface area (Å²) in [5, 5.41) is 9.93. The number of hydrogen-bond acceptors (Lipinski definition) is 2. The molecule has 0 atom stereocenters. The molecule has 0 saturated heterocycles. The average Bonchev–Trinajstić information content (AvgIpc) is 2.31. The Bertz CT molecular complexity index is 307. The lowest BCUT2D eigenvalue weighted by atomic mass is 10.0. The van der Waals surface area contributed by atoms with Crippen LogP contribution in [0.15, 0.2) is 12.1 Å². The standard InChI is InChI=1S/C14H22O2/c1-4-7-8-16-13-9-11(5-2)14(15)12(6-3)10-13/h9-10,15H,4-8H2,1-3H3. The van der Waals surface area contributed by atoms with Gasteiger partial charge >= 0.3 is 0 Å². The number of unbranched alkanes of at least 4 members (excludes halogenated alkanes) is 1. The van der Waals surface area contributed by atoms with E-state index in [0.29, 0.717) is 5.75 Å². The summed E-state index contributed by atoms with van der Waals surface area (Å²) >= 11 is 0. The van der Waals surface area contributed by atoms with Crippen LogP contribution in [0.1, 0.15) is 44.7 Å². The zero-order valence-corrected chi connectivity index (χ0v) is 10.5. The first-order valence-corrected chi connectivity index (χ1v) is 6.20. The van der Waals surface area contributed by atoms with Gasteiger partial charge < -0.3 is 9.84 Å². The van der Waals surface area contributed by atoms with E-state index >= 15 is 0 Å². The Morgan fingerprint density at radius 3 is 2.06 bits per heavy atom. The van der Waals surface area contributed by atoms with Crippen molar-refractivity contribution in [1.29, 1.82) is 0 Å². The normalized spacial score (nSPS) is 10.4. The van der Waals surface area contributed by atoms with Crippen LogP contribution in [-0.4, -0.2) is 11.7 Å². The molecule has 1 aromatic rings. The van der Waals surface area contributed by atoms with E-state index in [2.05, 4.69) is 6.92 Å². The first kappa shape index (κ1) is 12.9. The quantitative estimate of drug-likeness (QED) is 0.744. The first-order valence-electron chi connectivity index (χ1n) is 6.20. The highest BCUT2D eigenvalue weighted by molar-refractivity contribution is 5.46. The van der Waals surface area contributed by atoms with E-state index in [9.17, 15) is 5.11 Å². The Labute approximate surface area is 98.3 Å². The van der Waals surface area contributed by atoms with E-state index in [-0.39, 0.29) is 0 Å². The van der Waals surface area contributed by atoms with Gasteiger partial charge in [-0.3, -0.25) is 0 Å². The minimum atomic E-state index is 0.438. The number of rotatable bonds is 6. The minimum Gasteiger partial charge on any atom is -0.507 e. The van der Waals surface area contributed by atoms with E-state index in [1.807, 2.05) is 26.0 Å². The van der Waals surface area contributed by atoms with Gasteiger partial charge in [-0.05, 0) is 42.5 Å². The molecule has 1 rings (SSSR count). The number of benzene rings is 1. The predicted octanol–water partition coefficient (Wildman–Crippen LogP) is 3.70. The average molecular weight is 222 g/mol. The Morgan fingerprint density at radius 1 is 1.06 bits per heavy atom. The fraction of sp³-hybridized carbons (Fsp3) is 0.571. The molecular formula is C14H22O2. The van der Waals surface area contributed by atoms with Crippen LogP contribution in [0.4, 0.5) is 0 Å². The molecule has 0 aromatic heterocycles. The molecule has 1 N–H and O–H groups in total. The predicted molar refractivity (Wildman–Crippen MR) is 67.3 cm³/mol. The van der Waals surface area contributed by atoms with Crippen molar-refractivity contribution in [2.45, 2.75) is 46.5 Å². The number of ether oxygens (including phenoxy) is 1. The molecular weight excluding hydrogens is 200 g/mol. The maximum Gasteiger partial charge on any atom is 0.122 e. The highest BCUT2D eigenvalue weighted by Gasteiger charge is 2.08. The molecule has 1 aromatic carbocycles. The van der Waals surface area contributed by atoms with Crippen LogP contribution in [0.3, 0.4) is 0 Å². The fourth-order valence-corrected chi connectivity index (χ4v) is 1.68. The molecule has 0 bridgehead atoms. The number of hydrogen-bond donors (Lipinski definition) is 1. The molecule has 0 fully saturated rings. The first-order chi connectivity index (χ1) is 7.72. The Morgan fingerprint density at radius 2 is 1.62 bits per heavy atom. The third-order valence-electron chi connectivity index (χ3n) is 2.77. The second-order valence-electron chi connectivity index (χ2n) is 4.00. The molecule has 0 unspecified atom stereocenters. The Kier molecular flexibility index (Phi) is 5.17. The van der Waals surface area contributed by atoms with Crippen molar-refractivity contribution in [3.05, 3.63) is 23.3 Å². The van der Waals surface area contributed by atoms with Gasteiger partial charge in [0.05, 0.1) is 6.61 Å². The third kappa shape index (κ3) is 3.16. The molecule has 90 valence electrons. The van der Waals surface area contributed by atoms with E-state index in [1.54, 1.807) is 0 Å². The van der Waals surface area contributed by atoms with Gasteiger partial charge in [0, 0.05) is 0 Å². The van der Waals surface area contributed by atoms with Crippen molar-refractivity contribution in [1.82, 2.24) is 0 Å². The van der Waals surface area contributed by atoms with Crippen molar-refractivity contribution >= 4 is 0 Å². The molecule has 0 spiro atoms. The molecule has 0 aliphatic rings. The van der Waals surface area contributed by atoms with Gasteiger partial charge in [-0.25, -0.2) is 0 Å². The van der Waals surface area contributed by atoms with E-state index in [4.69, 9.17) is 4.74 Å². The smallest absolute Gasteiger partial charge is 0.122 e. The lowest BCUT2D eigenvalue weighted by Crippen LogP contribution is -1.98.